The summed E-state index contributed by atoms with van der Waals surface area (Å²) in [4.78, 5) is 23.2. The van der Waals surface area contributed by atoms with Crippen LogP contribution in [0.3, 0.4) is 0 Å². The molecular weight excluding hydrogens is 276 g/mol. The van der Waals surface area contributed by atoms with Crippen molar-refractivity contribution in [3.63, 3.8) is 0 Å². The molecule has 0 heterocycles. The molecule has 0 aliphatic rings. The third kappa shape index (κ3) is 3.16. The maximum absolute atomic E-state index is 12.3. The molecule has 0 atom stereocenters. The molecule has 0 bridgehead atoms. The van der Waals surface area contributed by atoms with Crippen LogP contribution in [0.1, 0.15) is 22.8 Å². The molecule has 0 unspecified atom stereocenters. The first-order valence-electron chi connectivity index (χ1n) is 5.95. The molecule has 0 radical (unpaired) electrons. The van der Waals surface area contributed by atoms with Gasteiger partial charge >= 0.3 is 0 Å². The van der Waals surface area contributed by atoms with Gasteiger partial charge < -0.3 is 11.1 Å². The van der Waals surface area contributed by atoms with Crippen LogP contribution in [0.4, 0.5) is 11.4 Å². The van der Waals surface area contributed by atoms with E-state index in [2.05, 4.69) is 5.32 Å². The summed E-state index contributed by atoms with van der Waals surface area (Å²) in [6.45, 7) is 1.43. The van der Waals surface area contributed by atoms with Gasteiger partial charge in [0.05, 0.1) is 10.7 Å². The Bertz CT molecular complexity index is 666. The van der Waals surface area contributed by atoms with Crippen LogP contribution in [0.15, 0.2) is 42.5 Å². The summed E-state index contributed by atoms with van der Waals surface area (Å²) in [5, 5.41) is 3.06. The number of ketones is 1. The van der Waals surface area contributed by atoms with E-state index in [1.54, 1.807) is 42.5 Å². The third-order valence-electron chi connectivity index (χ3n) is 2.73. The maximum atomic E-state index is 12.3. The highest BCUT2D eigenvalue weighted by atomic mass is 35.5. The molecule has 0 aliphatic heterocycles. The molecule has 0 saturated carbocycles. The second-order valence-corrected chi connectivity index (χ2v) is 4.73. The van der Waals surface area contributed by atoms with Crippen LogP contribution in [0.2, 0.25) is 5.02 Å². The van der Waals surface area contributed by atoms with Gasteiger partial charge in [-0.1, -0.05) is 11.6 Å². The highest BCUT2D eigenvalue weighted by Crippen LogP contribution is 2.21. The highest BCUT2D eigenvalue weighted by molar-refractivity contribution is 6.33. The average Bonchev–Trinajstić information content (AvgIpc) is 2.41. The van der Waals surface area contributed by atoms with Gasteiger partial charge in [0.2, 0.25) is 5.91 Å². The van der Waals surface area contributed by atoms with E-state index >= 15 is 0 Å². The lowest BCUT2D eigenvalue weighted by atomic mass is 10.0. The van der Waals surface area contributed by atoms with Crippen molar-refractivity contribution in [3.8, 4) is 0 Å². The second-order valence-electron chi connectivity index (χ2n) is 4.32. The predicted octanol–water partition coefficient (Wildman–Crippen LogP) is 3.11. The SMILES string of the molecule is CC(=O)Nc1ccc(C(=O)c2ccc(Cl)c(N)c2)cc1. The Hall–Kier alpha value is -2.33. The third-order valence-corrected chi connectivity index (χ3v) is 3.07. The standard InChI is InChI=1S/C15H13ClN2O2/c1-9(19)18-12-5-2-10(3-6-12)15(20)11-4-7-13(16)14(17)8-11/h2-8H,17H2,1H3,(H,18,19). The minimum absolute atomic E-state index is 0.150. The molecule has 1 amide bonds. The fourth-order valence-corrected chi connectivity index (χ4v) is 1.88. The van der Waals surface area contributed by atoms with Crippen molar-refractivity contribution < 1.29 is 9.59 Å². The zero-order chi connectivity index (χ0) is 14.7. The van der Waals surface area contributed by atoms with E-state index < -0.39 is 0 Å². The first-order valence-corrected chi connectivity index (χ1v) is 6.32. The van der Waals surface area contributed by atoms with E-state index in [0.717, 1.165) is 0 Å². The Balaban J connectivity index is 2.24. The highest BCUT2D eigenvalue weighted by Gasteiger charge is 2.10. The predicted molar refractivity (Wildman–Crippen MR) is 80.0 cm³/mol. The van der Waals surface area contributed by atoms with Crippen LogP contribution >= 0.6 is 11.6 Å². The summed E-state index contributed by atoms with van der Waals surface area (Å²) in [5.74, 6) is -0.308. The first kappa shape index (κ1) is 14.1. The number of anilines is 2. The Morgan fingerprint density at radius 2 is 1.65 bits per heavy atom. The van der Waals surface area contributed by atoms with E-state index in [4.69, 9.17) is 17.3 Å². The molecule has 4 nitrogen and oxygen atoms in total. The van der Waals surface area contributed by atoms with Crippen LogP contribution in [0.25, 0.3) is 0 Å². The van der Waals surface area contributed by atoms with Gasteiger partial charge in [-0.3, -0.25) is 9.59 Å². The summed E-state index contributed by atoms with van der Waals surface area (Å²) in [6.07, 6.45) is 0. The van der Waals surface area contributed by atoms with Crippen LogP contribution in [-0.4, -0.2) is 11.7 Å². The van der Waals surface area contributed by atoms with Crippen molar-refractivity contribution in [1.29, 1.82) is 0 Å². The summed E-state index contributed by atoms with van der Waals surface area (Å²) in [5.41, 5.74) is 7.68. The van der Waals surface area contributed by atoms with Crippen molar-refractivity contribution in [2.24, 2.45) is 0 Å². The van der Waals surface area contributed by atoms with E-state index in [-0.39, 0.29) is 11.7 Å². The number of amides is 1. The molecule has 0 spiro atoms. The lowest BCUT2D eigenvalue weighted by Crippen LogP contribution is -2.06. The van der Waals surface area contributed by atoms with Crippen molar-refractivity contribution in [3.05, 3.63) is 58.6 Å². The van der Waals surface area contributed by atoms with Gasteiger partial charge in [0, 0.05) is 23.7 Å². The maximum Gasteiger partial charge on any atom is 0.221 e. The smallest absolute Gasteiger partial charge is 0.221 e. The van der Waals surface area contributed by atoms with Crippen molar-refractivity contribution in [2.45, 2.75) is 6.92 Å². The Morgan fingerprint density at radius 1 is 1.05 bits per heavy atom. The Labute approximate surface area is 121 Å². The van der Waals surface area contributed by atoms with E-state index in [9.17, 15) is 9.59 Å². The van der Waals surface area contributed by atoms with Crippen molar-refractivity contribution >= 4 is 34.7 Å². The van der Waals surface area contributed by atoms with Crippen molar-refractivity contribution in [1.82, 2.24) is 0 Å². The molecule has 20 heavy (non-hydrogen) atoms. The zero-order valence-electron chi connectivity index (χ0n) is 10.8. The Kier molecular flexibility index (Phi) is 4.05. The monoisotopic (exact) mass is 288 g/mol. The summed E-state index contributed by atoms with van der Waals surface area (Å²) in [6, 6.07) is 11.4. The number of nitrogens with two attached hydrogens (primary N) is 1. The van der Waals surface area contributed by atoms with Crippen LogP contribution < -0.4 is 11.1 Å². The molecule has 0 aliphatic carbocycles. The van der Waals surface area contributed by atoms with Gasteiger partial charge in [-0.05, 0) is 42.5 Å². The fraction of sp³-hybridized carbons (Fsp3) is 0.0667. The molecular formula is C15H13ClN2O2. The number of carbonyl (C=O) groups is 2. The molecule has 3 N–H and O–H groups in total. The molecule has 5 heteroatoms. The number of benzene rings is 2. The Morgan fingerprint density at radius 3 is 2.20 bits per heavy atom. The quantitative estimate of drug-likeness (QED) is 0.673. The number of halogens is 1. The van der Waals surface area contributed by atoms with Crippen LogP contribution in [0.5, 0.6) is 0 Å². The number of nitrogen functional groups attached to an aromatic ring is 1. The van der Waals surface area contributed by atoms with Gasteiger partial charge in [-0.15, -0.1) is 0 Å². The number of carbonyl (C=O) groups excluding carboxylic acids is 2. The minimum atomic E-state index is -0.158. The number of rotatable bonds is 3. The van der Waals surface area contributed by atoms with Crippen LogP contribution in [-0.2, 0) is 4.79 Å². The van der Waals surface area contributed by atoms with Gasteiger partial charge in [0.25, 0.3) is 0 Å². The lowest BCUT2D eigenvalue weighted by Gasteiger charge is -2.05. The number of nitrogens with one attached hydrogen (secondary N) is 1. The van der Waals surface area contributed by atoms with Gasteiger partial charge in [0.15, 0.2) is 5.78 Å². The summed E-state index contributed by atoms with van der Waals surface area (Å²) in [7, 11) is 0. The molecule has 2 rings (SSSR count). The van der Waals surface area contributed by atoms with Gasteiger partial charge in [-0.25, -0.2) is 0 Å². The van der Waals surface area contributed by atoms with Gasteiger partial charge in [0.1, 0.15) is 0 Å². The molecule has 0 aromatic heterocycles. The number of hydrogen-bond donors (Lipinski definition) is 2. The molecule has 102 valence electrons. The first-order chi connectivity index (χ1) is 9.47. The normalized spacial score (nSPS) is 10.1. The molecule has 0 saturated heterocycles. The molecule has 2 aromatic rings. The lowest BCUT2D eigenvalue weighted by molar-refractivity contribution is -0.114. The van der Waals surface area contributed by atoms with E-state index in [1.807, 2.05) is 0 Å². The van der Waals surface area contributed by atoms with E-state index in [0.29, 0.717) is 27.5 Å². The molecule has 2 aromatic carbocycles. The van der Waals surface area contributed by atoms with Crippen LogP contribution in [0, 0.1) is 0 Å². The van der Waals surface area contributed by atoms with Gasteiger partial charge in [-0.2, -0.15) is 0 Å². The van der Waals surface area contributed by atoms with Crippen molar-refractivity contribution in [2.75, 3.05) is 11.1 Å². The zero-order valence-corrected chi connectivity index (χ0v) is 11.6. The van der Waals surface area contributed by atoms with E-state index in [1.165, 1.54) is 6.92 Å². The topological polar surface area (TPSA) is 72.2 Å². The molecule has 0 fully saturated rings. The summed E-state index contributed by atoms with van der Waals surface area (Å²) >= 11 is 5.82. The second kappa shape index (κ2) is 5.75. The summed E-state index contributed by atoms with van der Waals surface area (Å²) < 4.78 is 0. The number of hydrogen-bond acceptors (Lipinski definition) is 3. The minimum Gasteiger partial charge on any atom is -0.398 e. The largest absolute Gasteiger partial charge is 0.398 e. The average molecular weight is 289 g/mol. The fourth-order valence-electron chi connectivity index (χ4n) is 1.76.